The second-order valence-corrected chi connectivity index (χ2v) is 4.72. The molecule has 1 amide bonds. The van der Waals surface area contributed by atoms with Crippen molar-refractivity contribution in [1.82, 2.24) is 0 Å². The molecule has 1 saturated heterocycles. The number of primary amides is 1. The Hall–Kier alpha value is -1.26. The molecule has 1 atom stereocenters. The van der Waals surface area contributed by atoms with Gasteiger partial charge in [0.15, 0.2) is 0 Å². The summed E-state index contributed by atoms with van der Waals surface area (Å²) in [6.07, 6.45) is 0.811. The van der Waals surface area contributed by atoms with Crippen LogP contribution in [0.15, 0.2) is 18.2 Å². The molecule has 0 spiro atoms. The average Bonchev–Trinajstić information content (AvgIpc) is 2.78. The molecule has 1 unspecified atom stereocenters. The maximum absolute atomic E-state index is 11.1. The fraction of sp³-hybridized carbons (Fsp3) is 0.417. The van der Waals surface area contributed by atoms with Crippen LogP contribution < -0.4 is 16.4 Å². The Balaban J connectivity index is 2.14. The van der Waals surface area contributed by atoms with Crippen molar-refractivity contribution >= 4 is 23.2 Å². The summed E-state index contributed by atoms with van der Waals surface area (Å²) in [6.45, 7) is 1.95. The Morgan fingerprint density at radius 3 is 2.82 bits per heavy atom. The Morgan fingerprint density at radius 2 is 2.29 bits per heavy atom. The van der Waals surface area contributed by atoms with Gasteiger partial charge in [0.2, 0.25) is 5.91 Å². The van der Waals surface area contributed by atoms with E-state index in [0.29, 0.717) is 18.1 Å². The lowest BCUT2D eigenvalue weighted by Crippen LogP contribution is -2.27. The fourth-order valence-electron chi connectivity index (χ4n) is 2.13. The van der Waals surface area contributed by atoms with Crippen molar-refractivity contribution in [3.8, 4) is 0 Å². The largest absolute Gasteiger partial charge is 0.371 e. The Labute approximate surface area is 106 Å². The van der Waals surface area contributed by atoms with Crippen LogP contribution in [0.25, 0.3) is 0 Å². The van der Waals surface area contributed by atoms with E-state index in [0.717, 1.165) is 24.2 Å². The minimum atomic E-state index is -0.225. The van der Waals surface area contributed by atoms with E-state index >= 15 is 0 Å². The molecule has 2 rings (SSSR count). The smallest absolute Gasteiger partial charge is 0.222 e. The van der Waals surface area contributed by atoms with Crippen LogP contribution in [0, 0.1) is 5.92 Å². The van der Waals surface area contributed by atoms with Crippen LogP contribution in [-0.4, -0.2) is 19.0 Å². The van der Waals surface area contributed by atoms with E-state index < -0.39 is 0 Å². The van der Waals surface area contributed by atoms with Gasteiger partial charge < -0.3 is 16.4 Å². The fourth-order valence-corrected chi connectivity index (χ4v) is 2.38. The highest BCUT2D eigenvalue weighted by Gasteiger charge is 2.26. The van der Waals surface area contributed by atoms with Gasteiger partial charge >= 0.3 is 0 Å². The molecule has 4 N–H and O–H groups in total. The number of rotatable bonds is 3. The quantitative estimate of drug-likeness (QED) is 0.848. The first-order valence-corrected chi connectivity index (χ1v) is 6.02. The van der Waals surface area contributed by atoms with Crippen molar-refractivity contribution in [3.05, 3.63) is 28.8 Å². The molecule has 0 aromatic heterocycles. The molecule has 0 aliphatic carbocycles. The zero-order valence-corrected chi connectivity index (χ0v) is 10.3. The van der Waals surface area contributed by atoms with Crippen molar-refractivity contribution in [2.75, 3.05) is 18.0 Å². The molecule has 1 aromatic carbocycles. The molecule has 4 nitrogen and oxygen atoms in total. The first-order valence-electron chi connectivity index (χ1n) is 5.64. The van der Waals surface area contributed by atoms with Gasteiger partial charge in [-0.25, -0.2) is 0 Å². The molecule has 1 aliphatic heterocycles. The summed E-state index contributed by atoms with van der Waals surface area (Å²) in [6, 6.07) is 5.81. The molecule has 1 aromatic rings. The van der Waals surface area contributed by atoms with Gasteiger partial charge in [0.25, 0.3) is 0 Å². The first kappa shape index (κ1) is 12.2. The Kier molecular flexibility index (Phi) is 3.54. The minimum absolute atomic E-state index is 0.0528. The summed E-state index contributed by atoms with van der Waals surface area (Å²) in [4.78, 5) is 13.2. The molecule has 1 heterocycles. The SMILES string of the molecule is NCc1ccc(N2CCC(C(N)=O)C2)cc1Cl. The second-order valence-electron chi connectivity index (χ2n) is 4.31. The third kappa shape index (κ3) is 2.53. The monoisotopic (exact) mass is 253 g/mol. The van der Waals surface area contributed by atoms with Crippen LogP contribution in [0.3, 0.4) is 0 Å². The highest BCUT2D eigenvalue weighted by atomic mass is 35.5. The Morgan fingerprint density at radius 1 is 1.53 bits per heavy atom. The molecular formula is C12H16ClN3O. The summed E-state index contributed by atoms with van der Waals surface area (Å²) in [5.74, 6) is -0.278. The highest BCUT2D eigenvalue weighted by molar-refractivity contribution is 6.31. The number of anilines is 1. The van der Waals surface area contributed by atoms with Gasteiger partial charge in [0, 0.05) is 30.3 Å². The minimum Gasteiger partial charge on any atom is -0.371 e. The van der Waals surface area contributed by atoms with Crippen LogP contribution in [-0.2, 0) is 11.3 Å². The summed E-state index contributed by atoms with van der Waals surface area (Å²) >= 11 is 6.11. The number of amides is 1. The van der Waals surface area contributed by atoms with Crippen LogP contribution >= 0.6 is 11.6 Å². The van der Waals surface area contributed by atoms with E-state index in [4.69, 9.17) is 23.1 Å². The van der Waals surface area contributed by atoms with Gasteiger partial charge in [0.1, 0.15) is 0 Å². The normalized spacial score (nSPS) is 19.6. The molecule has 5 heteroatoms. The predicted molar refractivity (Wildman–Crippen MR) is 68.9 cm³/mol. The molecule has 92 valence electrons. The first-order chi connectivity index (χ1) is 8.11. The number of hydrogen-bond donors (Lipinski definition) is 2. The van der Waals surface area contributed by atoms with Gasteiger partial charge in [-0.05, 0) is 24.1 Å². The van der Waals surface area contributed by atoms with Crippen LogP contribution in [0.4, 0.5) is 5.69 Å². The van der Waals surface area contributed by atoms with E-state index in [9.17, 15) is 4.79 Å². The van der Waals surface area contributed by atoms with Crippen LogP contribution in [0.2, 0.25) is 5.02 Å². The van der Waals surface area contributed by atoms with Crippen molar-refractivity contribution in [2.45, 2.75) is 13.0 Å². The Bertz CT molecular complexity index is 436. The van der Waals surface area contributed by atoms with Gasteiger partial charge in [-0.2, -0.15) is 0 Å². The van der Waals surface area contributed by atoms with E-state index in [1.54, 1.807) is 0 Å². The lowest BCUT2D eigenvalue weighted by Gasteiger charge is -2.19. The summed E-state index contributed by atoms with van der Waals surface area (Å²) in [5, 5.41) is 0.674. The van der Waals surface area contributed by atoms with Gasteiger partial charge in [-0.1, -0.05) is 17.7 Å². The van der Waals surface area contributed by atoms with E-state index in [1.165, 1.54) is 0 Å². The number of carbonyl (C=O) groups is 1. The maximum atomic E-state index is 11.1. The highest BCUT2D eigenvalue weighted by Crippen LogP contribution is 2.27. The van der Waals surface area contributed by atoms with Gasteiger partial charge in [0.05, 0.1) is 5.92 Å². The third-order valence-corrected chi connectivity index (χ3v) is 3.56. The van der Waals surface area contributed by atoms with Crippen LogP contribution in [0.1, 0.15) is 12.0 Å². The molecule has 0 saturated carbocycles. The lowest BCUT2D eigenvalue weighted by molar-refractivity contribution is -0.121. The summed E-state index contributed by atoms with van der Waals surface area (Å²) in [7, 11) is 0. The summed E-state index contributed by atoms with van der Waals surface area (Å²) < 4.78 is 0. The molecular weight excluding hydrogens is 238 g/mol. The predicted octanol–water partition coefficient (Wildman–Crippen LogP) is 1.11. The van der Waals surface area contributed by atoms with Gasteiger partial charge in [-0.15, -0.1) is 0 Å². The van der Waals surface area contributed by atoms with E-state index in [-0.39, 0.29) is 11.8 Å². The van der Waals surface area contributed by atoms with E-state index in [1.807, 2.05) is 18.2 Å². The van der Waals surface area contributed by atoms with E-state index in [2.05, 4.69) is 4.90 Å². The van der Waals surface area contributed by atoms with Crippen molar-refractivity contribution in [3.63, 3.8) is 0 Å². The van der Waals surface area contributed by atoms with Crippen molar-refractivity contribution < 1.29 is 4.79 Å². The average molecular weight is 254 g/mol. The molecule has 1 aliphatic rings. The number of carbonyl (C=O) groups excluding carboxylic acids is 1. The number of benzene rings is 1. The molecule has 1 fully saturated rings. The maximum Gasteiger partial charge on any atom is 0.222 e. The summed E-state index contributed by atoms with van der Waals surface area (Å²) in [5.41, 5.74) is 12.8. The topological polar surface area (TPSA) is 72.3 Å². The standard InChI is InChI=1S/C12H16ClN3O/c13-11-5-10(2-1-8(11)6-14)16-4-3-9(7-16)12(15)17/h1-2,5,9H,3-4,6-7,14H2,(H2,15,17). The second kappa shape index (κ2) is 4.94. The zero-order chi connectivity index (χ0) is 12.4. The lowest BCUT2D eigenvalue weighted by atomic mass is 10.1. The number of nitrogens with zero attached hydrogens (tertiary/aromatic N) is 1. The van der Waals surface area contributed by atoms with Gasteiger partial charge in [-0.3, -0.25) is 4.79 Å². The number of hydrogen-bond acceptors (Lipinski definition) is 3. The van der Waals surface area contributed by atoms with Crippen molar-refractivity contribution in [2.24, 2.45) is 17.4 Å². The third-order valence-electron chi connectivity index (χ3n) is 3.21. The molecule has 0 bridgehead atoms. The molecule has 0 radical (unpaired) electrons. The number of halogens is 1. The molecule has 17 heavy (non-hydrogen) atoms. The van der Waals surface area contributed by atoms with Crippen molar-refractivity contribution in [1.29, 1.82) is 0 Å². The van der Waals surface area contributed by atoms with Crippen LogP contribution in [0.5, 0.6) is 0 Å². The number of nitrogens with two attached hydrogens (primary N) is 2. The zero-order valence-electron chi connectivity index (χ0n) is 9.53.